The molecule has 0 radical (unpaired) electrons. The first-order chi connectivity index (χ1) is 15.5. The van der Waals surface area contributed by atoms with E-state index < -0.39 is 6.04 Å². The van der Waals surface area contributed by atoms with E-state index in [1.165, 1.54) is 6.92 Å². The van der Waals surface area contributed by atoms with Crippen molar-refractivity contribution >= 4 is 34.3 Å². The average molecular weight is 433 g/mol. The Balaban J connectivity index is 1.39. The zero-order valence-corrected chi connectivity index (χ0v) is 18.1. The number of hydrogen-bond donors (Lipinski definition) is 3. The number of carbonyl (C=O) groups excluding carboxylic acids is 3. The number of rotatable bonds is 6. The predicted molar refractivity (Wildman–Crippen MR) is 124 cm³/mol. The summed E-state index contributed by atoms with van der Waals surface area (Å²) in [6, 6.07) is 16.7. The molecule has 1 atom stereocenters. The minimum atomic E-state index is -0.638. The standard InChI is InChI=1S/C25H28N4O3/c1-17(30)27-23(15-19-16-26-22-10-6-5-9-21(19)22)25(32)29-13-11-18(12-14-29)24(31)28-20-7-3-2-4-8-20/h2-10,16,18,23,26H,11-15H2,1H3,(H,27,30)(H,28,31)/t23-/m0/s1. The second-order valence-electron chi connectivity index (χ2n) is 8.27. The van der Waals surface area contributed by atoms with Crippen LogP contribution in [-0.4, -0.2) is 46.7 Å². The molecule has 1 aliphatic heterocycles. The normalized spacial score (nSPS) is 15.3. The lowest BCUT2D eigenvalue weighted by molar-refractivity contribution is -0.138. The van der Waals surface area contributed by atoms with E-state index in [0.717, 1.165) is 22.2 Å². The summed E-state index contributed by atoms with van der Waals surface area (Å²) in [5.74, 6) is -0.486. The molecule has 1 saturated heterocycles. The first-order valence-corrected chi connectivity index (χ1v) is 11.0. The van der Waals surface area contributed by atoms with Gasteiger partial charge in [-0.3, -0.25) is 14.4 Å². The summed E-state index contributed by atoms with van der Waals surface area (Å²) < 4.78 is 0. The number of aromatic amines is 1. The van der Waals surface area contributed by atoms with Gasteiger partial charge >= 0.3 is 0 Å². The van der Waals surface area contributed by atoms with E-state index >= 15 is 0 Å². The number of piperidine rings is 1. The van der Waals surface area contributed by atoms with Crippen molar-refractivity contribution in [1.82, 2.24) is 15.2 Å². The fourth-order valence-electron chi connectivity index (χ4n) is 4.31. The van der Waals surface area contributed by atoms with Crippen LogP contribution in [0.1, 0.15) is 25.3 Å². The molecular weight excluding hydrogens is 404 g/mol. The highest BCUT2D eigenvalue weighted by molar-refractivity contribution is 5.93. The van der Waals surface area contributed by atoms with E-state index in [1.54, 1.807) is 4.90 Å². The number of nitrogens with one attached hydrogen (secondary N) is 3. The molecule has 7 nitrogen and oxygen atoms in total. The number of para-hydroxylation sites is 2. The Bertz CT molecular complexity index is 1100. The monoisotopic (exact) mass is 432 g/mol. The quantitative estimate of drug-likeness (QED) is 0.559. The number of benzene rings is 2. The molecule has 0 unspecified atom stereocenters. The van der Waals surface area contributed by atoms with Gasteiger partial charge in [-0.15, -0.1) is 0 Å². The fraction of sp³-hybridized carbons (Fsp3) is 0.320. The lowest BCUT2D eigenvalue weighted by Crippen LogP contribution is -2.52. The smallest absolute Gasteiger partial charge is 0.245 e. The Kier molecular flexibility index (Phi) is 6.54. The third-order valence-electron chi connectivity index (χ3n) is 5.99. The molecule has 0 spiro atoms. The SMILES string of the molecule is CC(=O)N[C@@H](Cc1c[nH]c2ccccc12)C(=O)N1CCC(C(=O)Nc2ccccc2)CC1. The lowest BCUT2D eigenvalue weighted by Gasteiger charge is -2.34. The van der Waals surface area contributed by atoms with Crippen LogP contribution in [0.25, 0.3) is 10.9 Å². The zero-order valence-electron chi connectivity index (χ0n) is 18.1. The number of fused-ring (bicyclic) bond motifs is 1. The molecule has 7 heteroatoms. The highest BCUT2D eigenvalue weighted by Crippen LogP contribution is 2.23. The van der Waals surface area contributed by atoms with E-state index in [9.17, 15) is 14.4 Å². The Hall–Kier alpha value is -3.61. The fourth-order valence-corrected chi connectivity index (χ4v) is 4.31. The number of carbonyl (C=O) groups is 3. The summed E-state index contributed by atoms with van der Waals surface area (Å²) in [5.41, 5.74) is 2.77. The van der Waals surface area contributed by atoms with Gasteiger partial charge in [0.05, 0.1) is 0 Å². The molecule has 166 valence electrons. The van der Waals surface area contributed by atoms with Gasteiger partial charge in [0.15, 0.2) is 0 Å². The molecule has 3 N–H and O–H groups in total. The van der Waals surface area contributed by atoms with Crippen molar-refractivity contribution in [2.24, 2.45) is 5.92 Å². The lowest BCUT2D eigenvalue weighted by atomic mass is 9.94. The van der Waals surface area contributed by atoms with E-state index in [0.29, 0.717) is 32.4 Å². The van der Waals surface area contributed by atoms with Gasteiger partial charge in [0.1, 0.15) is 6.04 Å². The number of aromatic nitrogens is 1. The van der Waals surface area contributed by atoms with Gasteiger partial charge in [0.25, 0.3) is 0 Å². The highest BCUT2D eigenvalue weighted by atomic mass is 16.2. The molecule has 32 heavy (non-hydrogen) atoms. The van der Waals surface area contributed by atoms with Crippen LogP contribution in [0, 0.1) is 5.92 Å². The summed E-state index contributed by atoms with van der Waals surface area (Å²) in [6.45, 7) is 2.42. The van der Waals surface area contributed by atoms with Crippen LogP contribution in [0.5, 0.6) is 0 Å². The summed E-state index contributed by atoms with van der Waals surface area (Å²) in [5, 5.41) is 6.82. The van der Waals surface area contributed by atoms with E-state index in [1.807, 2.05) is 60.8 Å². The number of amides is 3. The minimum absolute atomic E-state index is 0.0134. The number of likely N-dealkylation sites (tertiary alicyclic amines) is 1. The number of nitrogens with zero attached hydrogens (tertiary/aromatic N) is 1. The maximum atomic E-state index is 13.3. The van der Waals surface area contributed by atoms with Crippen LogP contribution in [0.2, 0.25) is 0 Å². The molecule has 3 aromatic rings. The van der Waals surface area contributed by atoms with Crippen LogP contribution in [0.15, 0.2) is 60.8 Å². The molecule has 1 fully saturated rings. The van der Waals surface area contributed by atoms with Gasteiger partial charge in [0, 0.05) is 55.1 Å². The Labute approximate surface area is 187 Å². The molecule has 3 amide bonds. The number of hydrogen-bond acceptors (Lipinski definition) is 3. The molecule has 0 aliphatic carbocycles. The molecule has 1 aromatic heterocycles. The second kappa shape index (κ2) is 9.68. The summed E-state index contributed by atoms with van der Waals surface area (Å²) in [7, 11) is 0. The van der Waals surface area contributed by atoms with E-state index in [2.05, 4.69) is 15.6 Å². The Morgan fingerprint density at radius 2 is 1.72 bits per heavy atom. The van der Waals surface area contributed by atoms with Crippen LogP contribution >= 0.6 is 0 Å². The van der Waals surface area contributed by atoms with Gasteiger partial charge in [0.2, 0.25) is 17.7 Å². The summed E-state index contributed by atoms with van der Waals surface area (Å²) >= 11 is 0. The van der Waals surface area contributed by atoms with Gasteiger partial charge < -0.3 is 20.5 Å². The number of anilines is 1. The van der Waals surface area contributed by atoms with Gasteiger partial charge in [-0.05, 0) is 36.6 Å². The summed E-state index contributed by atoms with van der Waals surface area (Å²) in [4.78, 5) is 42.6. The first-order valence-electron chi connectivity index (χ1n) is 11.0. The van der Waals surface area contributed by atoms with Crippen molar-refractivity contribution in [3.8, 4) is 0 Å². The van der Waals surface area contributed by atoms with Crippen molar-refractivity contribution in [1.29, 1.82) is 0 Å². The van der Waals surface area contributed by atoms with Gasteiger partial charge in [-0.25, -0.2) is 0 Å². The second-order valence-corrected chi connectivity index (χ2v) is 8.27. The van der Waals surface area contributed by atoms with Gasteiger partial charge in [-0.1, -0.05) is 36.4 Å². The van der Waals surface area contributed by atoms with Crippen molar-refractivity contribution in [3.63, 3.8) is 0 Å². The van der Waals surface area contributed by atoms with Crippen molar-refractivity contribution in [3.05, 3.63) is 66.4 Å². The average Bonchev–Trinajstić information content (AvgIpc) is 3.21. The molecule has 1 aliphatic rings. The first kappa shape index (κ1) is 21.6. The van der Waals surface area contributed by atoms with Crippen LogP contribution in [0.4, 0.5) is 5.69 Å². The van der Waals surface area contributed by atoms with Crippen LogP contribution < -0.4 is 10.6 Å². The van der Waals surface area contributed by atoms with Crippen molar-refractivity contribution in [2.75, 3.05) is 18.4 Å². The maximum absolute atomic E-state index is 13.3. The third-order valence-corrected chi connectivity index (χ3v) is 5.99. The summed E-state index contributed by atoms with van der Waals surface area (Å²) in [6.07, 6.45) is 3.51. The van der Waals surface area contributed by atoms with Gasteiger partial charge in [-0.2, -0.15) is 0 Å². The third kappa shape index (κ3) is 4.99. The van der Waals surface area contributed by atoms with Crippen LogP contribution in [-0.2, 0) is 20.8 Å². The molecular formula is C25H28N4O3. The molecule has 2 aromatic carbocycles. The predicted octanol–water partition coefficient (Wildman–Crippen LogP) is 3.09. The zero-order chi connectivity index (χ0) is 22.5. The maximum Gasteiger partial charge on any atom is 0.245 e. The van der Waals surface area contributed by atoms with Crippen LogP contribution in [0.3, 0.4) is 0 Å². The largest absolute Gasteiger partial charge is 0.361 e. The minimum Gasteiger partial charge on any atom is -0.361 e. The topological polar surface area (TPSA) is 94.3 Å². The Morgan fingerprint density at radius 3 is 2.44 bits per heavy atom. The Morgan fingerprint density at radius 1 is 1.03 bits per heavy atom. The molecule has 2 heterocycles. The number of H-pyrrole nitrogens is 1. The van der Waals surface area contributed by atoms with E-state index in [-0.39, 0.29) is 23.6 Å². The molecule has 0 saturated carbocycles. The molecule has 4 rings (SSSR count). The van der Waals surface area contributed by atoms with E-state index in [4.69, 9.17) is 0 Å². The van der Waals surface area contributed by atoms with Crippen molar-refractivity contribution in [2.45, 2.75) is 32.2 Å². The van der Waals surface area contributed by atoms with Crippen molar-refractivity contribution < 1.29 is 14.4 Å². The highest BCUT2D eigenvalue weighted by Gasteiger charge is 2.31. The molecule has 0 bridgehead atoms.